The summed E-state index contributed by atoms with van der Waals surface area (Å²) >= 11 is 3.49. The van der Waals surface area contributed by atoms with Crippen LogP contribution < -0.4 is 10.5 Å². The summed E-state index contributed by atoms with van der Waals surface area (Å²) in [5, 5.41) is 13.5. The Labute approximate surface area is 230 Å². The summed E-state index contributed by atoms with van der Waals surface area (Å²) in [5.74, 6) is 0. The molecule has 0 bridgehead atoms. The molecule has 0 radical (unpaired) electrons. The Bertz CT molecular complexity index is 1680. The molecule has 0 aliphatic carbocycles. The maximum atomic E-state index is 11.7. The number of halogens is 1. The highest BCUT2D eigenvalue weighted by Gasteiger charge is 2.14. The third-order valence-electron chi connectivity index (χ3n) is 6.07. The molecule has 0 aliphatic rings. The van der Waals surface area contributed by atoms with Gasteiger partial charge in [-0.3, -0.25) is 0 Å². The molecular weight excluding hydrogens is 560 g/mol. The van der Waals surface area contributed by atoms with Gasteiger partial charge in [0.25, 0.3) is 0 Å². The number of nitrogens with one attached hydrogen (secondary N) is 1. The minimum absolute atomic E-state index is 0.0578. The van der Waals surface area contributed by atoms with Crippen LogP contribution in [-0.4, -0.2) is 18.2 Å². The van der Waals surface area contributed by atoms with Crippen LogP contribution in [0.15, 0.2) is 125 Å². The number of rotatable bonds is 8. The number of benzene rings is 4. The average Bonchev–Trinajstić information content (AvgIpc) is 3.34. The fraction of sp³-hybridized carbons (Fsp3) is 0.0333. The van der Waals surface area contributed by atoms with Crippen LogP contribution >= 0.6 is 15.9 Å². The first kappa shape index (κ1) is 25.7. The van der Waals surface area contributed by atoms with Crippen molar-refractivity contribution in [3.63, 3.8) is 0 Å². The molecule has 0 spiro atoms. The molecule has 1 heterocycles. The Hall–Kier alpha value is -3.98. The van der Waals surface area contributed by atoms with Gasteiger partial charge in [-0.15, -0.1) is 0 Å². The highest BCUT2D eigenvalue weighted by Crippen LogP contribution is 2.27. The number of primary sulfonamides is 1. The van der Waals surface area contributed by atoms with Gasteiger partial charge >= 0.3 is 0 Å². The molecule has 5 aromatic rings. The third-order valence-corrected chi connectivity index (χ3v) is 7.52. The summed E-state index contributed by atoms with van der Waals surface area (Å²) in [6, 6.07) is 34.6. The lowest BCUT2D eigenvalue weighted by Crippen LogP contribution is -2.12. The topological polar surface area (TPSA) is 90.0 Å². The third kappa shape index (κ3) is 5.94. The first-order valence-corrected chi connectivity index (χ1v) is 14.2. The quantitative estimate of drug-likeness (QED) is 0.214. The maximum Gasteiger partial charge on any atom is 0.238 e. The van der Waals surface area contributed by atoms with Gasteiger partial charge < -0.3 is 5.32 Å². The number of hydrogen-bond acceptors (Lipinski definition) is 4. The highest BCUT2D eigenvalue weighted by molar-refractivity contribution is 9.10. The molecule has 0 amide bonds. The van der Waals surface area contributed by atoms with E-state index in [1.54, 1.807) is 12.1 Å². The lowest BCUT2D eigenvalue weighted by atomic mass is 10.1. The van der Waals surface area contributed by atoms with Crippen LogP contribution in [0.2, 0.25) is 0 Å². The lowest BCUT2D eigenvalue weighted by Gasteiger charge is -2.10. The molecular formula is C30H25BrN4O2S. The molecule has 0 atom stereocenters. The molecule has 3 N–H and O–H groups in total. The van der Waals surface area contributed by atoms with Crippen molar-refractivity contribution in [3.8, 4) is 16.9 Å². The van der Waals surface area contributed by atoms with Crippen molar-refractivity contribution >= 4 is 37.3 Å². The van der Waals surface area contributed by atoms with Crippen molar-refractivity contribution in [2.45, 2.75) is 11.3 Å². The van der Waals surface area contributed by atoms with Gasteiger partial charge in [0.1, 0.15) is 0 Å². The molecule has 8 heteroatoms. The Kier molecular flexibility index (Phi) is 7.28. The van der Waals surface area contributed by atoms with Crippen molar-refractivity contribution in [2.24, 2.45) is 5.14 Å². The fourth-order valence-electron chi connectivity index (χ4n) is 4.12. The minimum Gasteiger partial charge on any atom is -0.356 e. The van der Waals surface area contributed by atoms with Crippen LogP contribution in [0.4, 0.5) is 5.69 Å². The van der Waals surface area contributed by atoms with E-state index in [0.29, 0.717) is 6.42 Å². The molecule has 38 heavy (non-hydrogen) atoms. The van der Waals surface area contributed by atoms with E-state index in [1.807, 2.05) is 71.4 Å². The lowest BCUT2D eigenvalue weighted by molar-refractivity contribution is 0.598. The molecule has 0 saturated heterocycles. The molecule has 4 aromatic carbocycles. The molecule has 0 saturated carbocycles. The second kappa shape index (κ2) is 10.8. The summed E-state index contributed by atoms with van der Waals surface area (Å²) in [6.45, 7) is 4.14. The fourth-order valence-corrected chi connectivity index (χ4v) is 4.90. The Balaban J connectivity index is 1.41. The van der Waals surface area contributed by atoms with E-state index in [9.17, 15) is 8.42 Å². The SMILES string of the molecule is C=C(Nc1ccc(Cc2cc(-c3ccc(Br)cc3)n(-c3ccc(S(N)(=O)=O)cc3)n2)cc1)c1ccccc1. The number of aromatic nitrogens is 2. The van der Waals surface area contributed by atoms with E-state index < -0.39 is 10.0 Å². The number of nitrogens with two attached hydrogens (primary N) is 1. The van der Waals surface area contributed by atoms with Crippen molar-refractivity contribution in [2.75, 3.05) is 5.32 Å². The van der Waals surface area contributed by atoms with Crippen LogP contribution in [-0.2, 0) is 16.4 Å². The van der Waals surface area contributed by atoms with Gasteiger partial charge in [-0.25, -0.2) is 18.2 Å². The monoisotopic (exact) mass is 584 g/mol. The van der Waals surface area contributed by atoms with Crippen LogP contribution in [0.3, 0.4) is 0 Å². The van der Waals surface area contributed by atoms with E-state index in [0.717, 1.165) is 49.6 Å². The molecule has 0 aliphatic heterocycles. The summed E-state index contributed by atoms with van der Waals surface area (Å²) in [7, 11) is -3.78. The van der Waals surface area contributed by atoms with Crippen molar-refractivity contribution in [1.29, 1.82) is 0 Å². The van der Waals surface area contributed by atoms with E-state index in [2.05, 4.69) is 46.0 Å². The second-order valence-electron chi connectivity index (χ2n) is 8.82. The van der Waals surface area contributed by atoms with Crippen LogP contribution in [0.5, 0.6) is 0 Å². The van der Waals surface area contributed by atoms with Crippen molar-refractivity contribution < 1.29 is 8.42 Å². The van der Waals surface area contributed by atoms with E-state index in [-0.39, 0.29) is 4.90 Å². The Morgan fingerprint density at radius 1 is 0.895 bits per heavy atom. The molecule has 0 unspecified atom stereocenters. The number of sulfonamides is 1. The standard InChI is InChI=1S/C30H25BrN4O2S/c1-21(23-5-3-2-4-6-23)33-26-13-7-22(8-14-26)19-27-20-30(24-9-11-25(31)12-10-24)35(34-27)28-15-17-29(18-16-28)38(32,36)37/h2-18,20,33H,1,19H2,(H2,32,36,37). The summed E-state index contributed by atoms with van der Waals surface area (Å²) in [4.78, 5) is 0.0578. The predicted octanol–water partition coefficient (Wildman–Crippen LogP) is 6.62. The van der Waals surface area contributed by atoms with E-state index in [4.69, 9.17) is 10.2 Å². The average molecular weight is 586 g/mol. The zero-order valence-corrected chi connectivity index (χ0v) is 22.8. The first-order valence-electron chi connectivity index (χ1n) is 11.8. The molecule has 190 valence electrons. The largest absolute Gasteiger partial charge is 0.356 e. The Morgan fingerprint density at radius 2 is 1.55 bits per heavy atom. The second-order valence-corrected chi connectivity index (χ2v) is 11.3. The zero-order valence-electron chi connectivity index (χ0n) is 20.4. The molecule has 5 rings (SSSR count). The van der Waals surface area contributed by atoms with Crippen LogP contribution in [0.1, 0.15) is 16.8 Å². The highest BCUT2D eigenvalue weighted by atomic mass is 79.9. The van der Waals surface area contributed by atoms with Crippen molar-refractivity contribution in [1.82, 2.24) is 9.78 Å². The molecule has 0 fully saturated rings. The predicted molar refractivity (Wildman–Crippen MR) is 156 cm³/mol. The molecule has 6 nitrogen and oxygen atoms in total. The summed E-state index contributed by atoms with van der Waals surface area (Å²) in [6.07, 6.45) is 0.631. The van der Waals surface area contributed by atoms with Crippen LogP contribution in [0, 0.1) is 0 Å². The summed E-state index contributed by atoms with van der Waals surface area (Å²) < 4.78 is 26.2. The number of nitrogens with zero attached hydrogens (tertiary/aromatic N) is 2. The summed E-state index contributed by atoms with van der Waals surface area (Å²) in [5.41, 5.74) is 7.45. The Morgan fingerprint density at radius 3 is 2.18 bits per heavy atom. The van der Waals surface area contributed by atoms with E-state index >= 15 is 0 Å². The maximum absolute atomic E-state index is 11.7. The molecule has 1 aromatic heterocycles. The van der Waals surface area contributed by atoms with Gasteiger partial charge in [0.2, 0.25) is 10.0 Å². The smallest absolute Gasteiger partial charge is 0.238 e. The zero-order chi connectivity index (χ0) is 26.7. The first-order chi connectivity index (χ1) is 18.3. The normalized spacial score (nSPS) is 11.3. The van der Waals surface area contributed by atoms with Gasteiger partial charge in [-0.05, 0) is 65.7 Å². The van der Waals surface area contributed by atoms with Gasteiger partial charge in [-0.1, -0.05) is 77.1 Å². The van der Waals surface area contributed by atoms with Crippen molar-refractivity contribution in [3.05, 3.63) is 137 Å². The van der Waals surface area contributed by atoms with Gasteiger partial charge in [0.15, 0.2) is 0 Å². The van der Waals surface area contributed by atoms with E-state index in [1.165, 1.54) is 12.1 Å². The number of hydrogen-bond donors (Lipinski definition) is 2. The van der Waals surface area contributed by atoms with Gasteiger partial charge in [0, 0.05) is 27.8 Å². The minimum atomic E-state index is -3.78. The number of anilines is 1. The van der Waals surface area contributed by atoms with Gasteiger partial charge in [-0.2, -0.15) is 5.10 Å². The van der Waals surface area contributed by atoms with Gasteiger partial charge in [0.05, 0.1) is 22.0 Å². The van der Waals surface area contributed by atoms with Crippen LogP contribution in [0.25, 0.3) is 22.6 Å².